The van der Waals surface area contributed by atoms with Gasteiger partial charge < -0.3 is 9.84 Å². The Morgan fingerprint density at radius 2 is 1.43 bits per heavy atom. The fourth-order valence-electron chi connectivity index (χ4n) is 3.18. The number of unbranched alkanes of at least 4 members (excludes halogenated alkanes) is 7. The zero-order chi connectivity index (χ0) is 15.3. The molecule has 124 valence electrons. The Kier molecular flexibility index (Phi) is 10.6. The van der Waals surface area contributed by atoms with Gasteiger partial charge in [0.15, 0.2) is 0 Å². The van der Waals surface area contributed by atoms with Crippen molar-refractivity contribution in [1.82, 2.24) is 0 Å². The molecule has 1 heterocycles. The summed E-state index contributed by atoms with van der Waals surface area (Å²) in [5.74, 6) is -0.667. The number of carbonyl (C=O) groups is 1. The van der Waals surface area contributed by atoms with Gasteiger partial charge in [0.2, 0.25) is 0 Å². The van der Waals surface area contributed by atoms with Crippen LogP contribution in [0.15, 0.2) is 0 Å². The Labute approximate surface area is 130 Å². The summed E-state index contributed by atoms with van der Waals surface area (Å²) in [6.45, 7) is 2.25. The van der Waals surface area contributed by atoms with Gasteiger partial charge in [-0.3, -0.25) is 4.79 Å². The number of rotatable bonds is 13. The normalized spacial score (nSPS) is 21.8. The molecule has 0 spiro atoms. The highest BCUT2D eigenvalue weighted by atomic mass is 16.5. The van der Waals surface area contributed by atoms with Gasteiger partial charge in [-0.1, -0.05) is 58.3 Å². The van der Waals surface area contributed by atoms with E-state index in [0.717, 1.165) is 12.8 Å². The van der Waals surface area contributed by atoms with E-state index in [4.69, 9.17) is 9.84 Å². The summed E-state index contributed by atoms with van der Waals surface area (Å²) in [4.78, 5) is 10.4. The Morgan fingerprint density at radius 3 is 2.00 bits per heavy atom. The second-order valence-electron chi connectivity index (χ2n) is 6.51. The van der Waals surface area contributed by atoms with Crippen molar-refractivity contribution in [2.24, 2.45) is 0 Å². The third-order valence-electron chi connectivity index (χ3n) is 4.49. The van der Waals surface area contributed by atoms with E-state index >= 15 is 0 Å². The number of aliphatic carboxylic acids is 1. The van der Waals surface area contributed by atoms with Gasteiger partial charge in [-0.2, -0.15) is 0 Å². The Bertz CT molecular complexity index is 265. The molecule has 1 N–H and O–H groups in total. The summed E-state index contributed by atoms with van der Waals surface area (Å²) in [5.41, 5.74) is 0. The van der Waals surface area contributed by atoms with Crippen molar-refractivity contribution in [3.8, 4) is 0 Å². The summed E-state index contributed by atoms with van der Waals surface area (Å²) in [7, 11) is 0. The lowest BCUT2D eigenvalue weighted by Gasteiger charge is -2.13. The van der Waals surface area contributed by atoms with Crippen LogP contribution in [-0.2, 0) is 9.53 Å². The maximum absolute atomic E-state index is 10.4. The van der Waals surface area contributed by atoms with E-state index in [-0.39, 0.29) is 0 Å². The third-order valence-corrected chi connectivity index (χ3v) is 4.49. The van der Waals surface area contributed by atoms with Gasteiger partial charge in [-0.25, -0.2) is 0 Å². The summed E-state index contributed by atoms with van der Waals surface area (Å²) >= 11 is 0. The molecule has 1 rings (SSSR count). The number of hydrogen-bond acceptors (Lipinski definition) is 2. The molecule has 3 nitrogen and oxygen atoms in total. The highest BCUT2D eigenvalue weighted by Crippen LogP contribution is 2.27. The van der Waals surface area contributed by atoms with E-state index in [2.05, 4.69) is 6.92 Å². The van der Waals surface area contributed by atoms with Crippen LogP contribution in [0.4, 0.5) is 0 Å². The average Bonchev–Trinajstić information content (AvgIpc) is 2.90. The zero-order valence-corrected chi connectivity index (χ0v) is 13.8. The van der Waals surface area contributed by atoms with E-state index < -0.39 is 5.97 Å². The van der Waals surface area contributed by atoms with Crippen LogP contribution >= 0.6 is 0 Å². The predicted octanol–water partition coefficient (Wildman–Crippen LogP) is 5.32. The maximum Gasteiger partial charge on any atom is 0.303 e. The molecule has 0 saturated carbocycles. The molecule has 1 aliphatic rings. The van der Waals surface area contributed by atoms with Gasteiger partial charge in [0.05, 0.1) is 12.2 Å². The molecule has 21 heavy (non-hydrogen) atoms. The number of carboxylic acid groups (broad SMARTS) is 1. The summed E-state index contributed by atoms with van der Waals surface area (Å²) in [6, 6.07) is 0. The van der Waals surface area contributed by atoms with E-state index in [0.29, 0.717) is 18.6 Å². The van der Waals surface area contributed by atoms with Crippen molar-refractivity contribution in [2.75, 3.05) is 0 Å². The van der Waals surface area contributed by atoms with E-state index in [1.165, 1.54) is 70.6 Å². The van der Waals surface area contributed by atoms with Gasteiger partial charge in [0.1, 0.15) is 0 Å². The minimum absolute atomic E-state index is 0.325. The van der Waals surface area contributed by atoms with Crippen LogP contribution in [-0.4, -0.2) is 23.3 Å². The van der Waals surface area contributed by atoms with Crippen LogP contribution in [0.1, 0.15) is 96.8 Å². The SMILES string of the molecule is CCCCCC[C@H]1CC[C@@H](CCCCCCCC(=O)O)O1. The lowest BCUT2D eigenvalue weighted by molar-refractivity contribution is -0.137. The Balaban J connectivity index is 1.89. The van der Waals surface area contributed by atoms with Gasteiger partial charge in [-0.15, -0.1) is 0 Å². The highest BCUT2D eigenvalue weighted by molar-refractivity contribution is 5.66. The van der Waals surface area contributed by atoms with Crippen LogP contribution in [0.3, 0.4) is 0 Å². The fourth-order valence-corrected chi connectivity index (χ4v) is 3.18. The molecule has 0 aromatic rings. The standard InChI is InChI=1S/C18H34O3/c1-2-3-4-8-11-16-14-15-17(21-16)12-9-6-5-7-10-13-18(19)20/h16-17H,2-15H2,1H3,(H,19,20)/t16-,17+/m0/s1. The lowest BCUT2D eigenvalue weighted by Crippen LogP contribution is -2.10. The molecular weight excluding hydrogens is 264 g/mol. The summed E-state index contributed by atoms with van der Waals surface area (Å²) in [5, 5.41) is 8.56. The molecular formula is C18H34O3. The quantitative estimate of drug-likeness (QED) is 0.468. The van der Waals surface area contributed by atoms with Gasteiger partial charge in [0.25, 0.3) is 0 Å². The molecule has 0 radical (unpaired) electrons. The van der Waals surface area contributed by atoms with Gasteiger partial charge >= 0.3 is 5.97 Å². The van der Waals surface area contributed by atoms with Crippen LogP contribution < -0.4 is 0 Å². The van der Waals surface area contributed by atoms with Crippen molar-refractivity contribution in [1.29, 1.82) is 0 Å². The number of hydrogen-bond donors (Lipinski definition) is 1. The first-order valence-corrected chi connectivity index (χ1v) is 9.09. The zero-order valence-electron chi connectivity index (χ0n) is 13.8. The smallest absolute Gasteiger partial charge is 0.303 e. The lowest BCUT2D eigenvalue weighted by atomic mass is 10.0. The van der Waals surface area contributed by atoms with Crippen molar-refractivity contribution >= 4 is 5.97 Å². The molecule has 2 atom stereocenters. The van der Waals surface area contributed by atoms with E-state index in [9.17, 15) is 4.79 Å². The molecule has 3 heteroatoms. The van der Waals surface area contributed by atoms with Crippen LogP contribution in [0.2, 0.25) is 0 Å². The third kappa shape index (κ3) is 9.89. The molecule has 0 aromatic carbocycles. The minimum atomic E-state index is -0.667. The van der Waals surface area contributed by atoms with Crippen molar-refractivity contribution in [3.05, 3.63) is 0 Å². The van der Waals surface area contributed by atoms with Gasteiger partial charge in [0, 0.05) is 6.42 Å². The minimum Gasteiger partial charge on any atom is -0.481 e. The molecule has 0 unspecified atom stereocenters. The molecule has 1 saturated heterocycles. The Morgan fingerprint density at radius 1 is 0.905 bits per heavy atom. The largest absolute Gasteiger partial charge is 0.481 e. The van der Waals surface area contributed by atoms with Crippen LogP contribution in [0.5, 0.6) is 0 Å². The monoisotopic (exact) mass is 298 g/mol. The first-order chi connectivity index (χ1) is 10.2. The second-order valence-corrected chi connectivity index (χ2v) is 6.51. The number of ether oxygens (including phenoxy) is 1. The molecule has 1 aliphatic heterocycles. The first kappa shape index (κ1) is 18.5. The summed E-state index contributed by atoms with van der Waals surface area (Å²) in [6.07, 6.45) is 17.2. The predicted molar refractivity (Wildman–Crippen MR) is 86.6 cm³/mol. The fraction of sp³-hybridized carbons (Fsp3) is 0.944. The van der Waals surface area contributed by atoms with Crippen LogP contribution in [0.25, 0.3) is 0 Å². The van der Waals surface area contributed by atoms with Crippen molar-refractivity contribution in [2.45, 2.75) is 109 Å². The maximum atomic E-state index is 10.4. The molecule has 0 aromatic heterocycles. The average molecular weight is 298 g/mol. The second kappa shape index (κ2) is 12.0. The number of carboxylic acids is 1. The topological polar surface area (TPSA) is 46.5 Å². The van der Waals surface area contributed by atoms with E-state index in [1.807, 2.05) is 0 Å². The van der Waals surface area contributed by atoms with Gasteiger partial charge in [-0.05, 0) is 32.1 Å². The Hall–Kier alpha value is -0.570. The van der Waals surface area contributed by atoms with Crippen molar-refractivity contribution in [3.63, 3.8) is 0 Å². The van der Waals surface area contributed by atoms with Crippen LogP contribution in [0, 0.1) is 0 Å². The van der Waals surface area contributed by atoms with Crippen molar-refractivity contribution < 1.29 is 14.6 Å². The summed E-state index contributed by atoms with van der Waals surface area (Å²) < 4.78 is 6.12. The molecule has 0 amide bonds. The molecule has 0 bridgehead atoms. The molecule has 0 aliphatic carbocycles. The van der Waals surface area contributed by atoms with E-state index in [1.54, 1.807) is 0 Å². The highest BCUT2D eigenvalue weighted by Gasteiger charge is 2.23. The first-order valence-electron chi connectivity index (χ1n) is 9.09. The molecule has 1 fully saturated rings.